The zero-order valence-corrected chi connectivity index (χ0v) is 17.2. The molecule has 1 heterocycles. The molecule has 3 rings (SSSR count). The summed E-state index contributed by atoms with van der Waals surface area (Å²) in [6, 6.07) is 5.59. The summed E-state index contributed by atoms with van der Waals surface area (Å²) in [5.41, 5.74) is 1.56. The third-order valence-corrected chi connectivity index (χ3v) is 4.93. The van der Waals surface area contributed by atoms with Crippen LogP contribution in [0.3, 0.4) is 0 Å². The van der Waals surface area contributed by atoms with Crippen LogP contribution in [-0.4, -0.2) is 58.7 Å². The highest BCUT2D eigenvalue weighted by Gasteiger charge is 2.30. The maximum absolute atomic E-state index is 13.0. The van der Waals surface area contributed by atoms with Crippen molar-refractivity contribution in [1.82, 2.24) is 14.9 Å². The number of aromatic nitrogens is 2. The van der Waals surface area contributed by atoms with Crippen molar-refractivity contribution in [3.05, 3.63) is 36.2 Å². The zero-order chi connectivity index (χ0) is 22.5. The summed E-state index contributed by atoms with van der Waals surface area (Å²) in [5, 5.41) is 25.0. The van der Waals surface area contributed by atoms with Crippen molar-refractivity contribution < 1.29 is 18.7 Å². The first-order valence-corrected chi connectivity index (χ1v) is 9.85. The van der Waals surface area contributed by atoms with Gasteiger partial charge in [0.15, 0.2) is 0 Å². The number of carbonyl (C=O) groups excluding carboxylic acids is 1. The molecule has 10 heteroatoms. The highest BCUT2D eigenvalue weighted by Crippen LogP contribution is 2.33. The van der Waals surface area contributed by atoms with Crippen LogP contribution in [0.15, 0.2) is 30.6 Å². The first-order chi connectivity index (χ1) is 14.8. The summed E-state index contributed by atoms with van der Waals surface area (Å²) in [6.07, 6.45) is 0.915. The van der Waals surface area contributed by atoms with Gasteiger partial charge >= 0.3 is 0 Å². The SMILES string of the molecule is CN(C)C(=O)C(CC(F)F)Nc1cc(-c2cnc(NC(O)C3CC3)cn2)ccc1C#N. The van der Waals surface area contributed by atoms with Gasteiger partial charge in [-0.1, -0.05) is 6.07 Å². The quantitative estimate of drug-likeness (QED) is 0.524. The average molecular weight is 430 g/mol. The molecule has 164 valence electrons. The first-order valence-electron chi connectivity index (χ1n) is 9.85. The molecule has 2 aromatic rings. The summed E-state index contributed by atoms with van der Waals surface area (Å²) in [4.78, 5) is 22.1. The largest absolute Gasteiger partial charge is 0.373 e. The van der Waals surface area contributed by atoms with Crippen LogP contribution in [0.5, 0.6) is 0 Å². The van der Waals surface area contributed by atoms with Crippen LogP contribution in [0.1, 0.15) is 24.8 Å². The highest BCUT2D eigenvalue weighted by molar-refractivity contribution is 5.85. The van der Waals surface area contributed by atoms with E-state index in [1.807, 2.05) is 6.07 Å². The summed E-state index contributed by atoms with van der Waals surface area (Å²) < 4.78 is 26.0. The standard InChI is InChI=1S/C21H24F2N6O2/c1-29(2)21(31)16(8-18(22)23)27-15-7-13(5-6-14(15)9-24)17-10-26-19(11-25-17)28-20(30)12-3-4-12/h5-7,10-12,16,18,20,27,30H,3-4,8H2,1-2H3,(H,26,28). The van der Waals surface area contributed by atoms with Crippen molar-refractivity contribution in [1.29, 1.82) is 5.26 Å². The monoisotopic (exact) mass is 430 g/mol. The second-order valence-electron chi connectivity index (χ2n) is 7.64. The summed E-state index contributed by atoms with van der Waals surface area (Å²) in [6.45, 7) is 0. The lowest BCUT2D eigenvalue weighted by atomic mass is 10.1. The van der Waals surface area contributed by atoms with Gasteiger partial charge in [0.05, 0.1) is 29.3 Å². The molecule has 8 nitrogen and oxygen atoms in total. The normalized spacial score (nSPS) is 15.1. The first kappa shape index (κ1) is 22.4. The lowest BCUT2D eigenvalue weighted by Gasteiger charge is -2.23. The smallest absolute Gasteiger partial charge is 0.244 e. The van der Waals surface area contributed by atoms with Crippen molar-refractivity contribution >= 4 is 17.4 Å². The molecule has 1 amide bonds. The number of nitrogens with zero attached hydrogens (tertiary/aromatic N) is 4. The molecular weight excluding hydrogens is 406 g/mol. The molecular formula is C21H24F2N6O2. The minimum Gasteiger partial charge on any atom is -0.373 e. The molecule has 2 unspecified atom stereocenters. The number of anilines is 2. The van der Waals surface area contributed by atoms with Crippen molar-refractivity contribution in [3.63, 3.8) is 0 Å². The number of nitrogens with one attached hydrogen (secondary N) is 2. The lowest BCUT2D eigenvalue weighted by molar-refractivity contribution is -0.130. The number of rotatable bonds is 9. The van der Waals surface area contributed by atoms with E-state index in [0.717, 1.165) is 12.8 Å². The Balaban J connectivity index is 1.82. The number of halogens is 2. The second-order valence-corrected chi connectivity index (χ2v) is 7.64. The van der Waals surface area contributed by atoms with E-state index in [1.165, 1.54) is 37.5 Å². The number of likely N-dealkylation sites (N-methyl/N-ethyl adjacent to an activating group) is 1. The summed E-state index contributed by atoms with van der Waals surface area (Å²) in [5.74, 6) is 0.155. The molecule has 2 atom stereocenters. The average Bonchev–Trinajstić information content (AvgIpc) is 3.58. The van der Waals surface area contributed by atoms with E-state index >= 15 is 0 Å². The topological polar surface area (TPSA) is 114 Å². The fraction of sp³-hybridized carbons (Fsp3) is 0.429. The van der Waals surface area contributed by atoms with Gasteiger partial charge in [0.1, 0.15) is 24.2 Å². The number of carbonyl (C=O) groups is 1. The van der Waals surface area contributed by atoms with E-state index < -0.39 is 31.0 Å². The van der Waals surface area contributed by atoms with Gasteiger partial charge in [0.25, 0.3) is 0 Å². The second kappa shape index (κ2) is 9.66. The van der Waals surface area contributed by atoms with Crippen LogP contribution in [-0.2, 0) is 4.79 Å². The number of amides is 1. The fourth-order valence-electron chi connectivity index (χ4n) is 3.05. The van der Waals surface area contributed by atoms with Gasteiger partial charge in [-0.25, -0.2) is 13.8 Å². The molecule has 0 bridgehead atoms. The molecule has 1 saturated carbocycles. The van der Waals surface area contributed by atoms with Crippen LogP contribution >= 0.6 is 0 Å². The van der Waals surface area contributed by atoms with E-state index in [-0.39, 0.29) is 17.2 Å². The third-order valence-electron chi connectivity index (χ3n) is 4.93. The maximum atomic E-state index is 13.0. The highest BCUT2D eigenvalue weighted by atomic mass is 19.3. The van der Waals surface area contributed by atoms with E-state index in [9.17, 15) is 23.9 Å². The van der Waals surface area contributed by atoms with Crippen LogP contribution < -0.4 is 10.6 Å². The Labute approximate surface area is 178 Å². The van der Waals surface area contributed by atoms with Gasteiger partial charge in [-0.2, -0.15) is 5.26 Å². The minimum absolute atomic E-state index is 0.216. The van der Waals surface area contributed by atoms with Gasteiger partial charge in [-0.05, 0) is 25.0 Å². The molecule has 1 aromatic carbocycles. The van der Waals surface area contributed by atoms with Crippen LogP contribution in [0, 0.1) is 17.2 Å². The Morgan fingerprint density at radius 3 is 2.58 bits per heavy atom. The molecule has 1 aromatic heterocycles. The molecule has 1 fully saturated rings. The van der Waals surface area contributed by atoms with Gasteiger partial charge in [-0.3, -0.25) is 9.78 Å². The Morgan fingerprint density at radius 2 is 2.03 bits per heavy atom. The maximum Gasteiger partial charge on any atom is 0.244 e. The number of aliphatic hydroxyl groups excluding tert-OH is 1. The molecule has 0 spiro atoms. The number of aliphatic hydroxyl groups is 1. The molecule has 0 aliphatic heterocycles. The van der Waals surface area contributed by atoms with E-state index in [4.69, 9.17) is 0 Å². The molecule has 1 aliphatic rings. The van der Waals surface area contributed by atoms with E-state index in [2.05, 4.69) is 20.6 Å². The number of benzene rings is 1. The zero-order valence-electron chi connectivity index (χ0n) is 17.2. The Hall–Kier alpha value is -3.32. The van der Waals surface area contributed by atoms with Gasteiger partial charge in [-0.15, -0.1) is 0 Å². The Bertz CT molecular complexity index is 957. The van der Waals surface area contributed by atoms with Crippen molar-refractivity contribution in [2.45, 2.75) is 38.0 Å². The predicted octanol–water partition coefficient (Wildman–Crippen LogP) is 2.68. The van der Waals surface area contributed by atoms with Crippen LogP contribution in [0.4, 0.5) is 20.3 Å². The third kappa shape index (κ3) is 5.86. The molecule has 3 N–H and O–H groups in total. The van der Waals surface area contributed by atoms with Crippen molar-refractivity contribution in [3.8, 4) is 17.3 Å². The molecule has 0 radical (unpaired) electrons. The number of alkyl halides is 2. The van der Waals surface area contributed by atoms with Gasteiger partial charge < -0.3 is 20.6 Å². The van der Waals surface area contributed by atoms with E-state index in [0.29, 0.717) is 17.1 Å². The number of hydrogen-bond acceptors (Lipinski definition) is 7. The van der Waals surface area contributed by atoms with Crippen molar-refractivity contribution in [2.24, 2.45) is 5.92 Å². The predicted molar refractivity (Wildman–Crippen MR) is 111 cm³/mol. The van der Waals surface area contributed by atoms with Crippen molar-refractivity contribution in [2.75, 3.05) is 24.7 Å². The minimum atomic E-state index is -2.69. The number of nitriles is 1. The van der Waals surface area contributed by atoms with E-state index in [1.54, 1.807) is 12.1 Å². The Morgan fingerprint density at radius 1 is 1.29 bits per heavy atom. The Kier molecular flexibility index (Phi) is 6.97. The lowest BCUT2D eigenvalue weighted by Crippen LogP contribution is -2.40. The van der Waals surface area contributed by atoms with Crippen LogP contribution in [0.25, 0.3) is 11.3 Å². The van der Waals surface area contributed by atoms with Gasteiger partial charge in [0.2, 0.25) is 12.3 Å². The molecule has 0 saturated heterocycles. The summed E-state index contributed by atoms with van der Waals surface area (Å²) >= 11 is 0. The van der Waals surface area contributed by atoms with Crippen LogP contribution in [0.2, 0.25) is 0 Å². The van der Waals surface area contributed by atoms with Gasteiger partial charge in [0, 0.05) is 32.0 Å². The fourth-order valence-corrected chi connectivity index (χ4v) is 3.05. The number of hydrogen-bond donors (Lipinski definition) is 3. The molecule has 31 heavy (non-hydrogen) atoms. The molecule has 1 aliphatic carbocycles. The summed E-state index contributed by atoms with van der Waals surface area (Å²) in [7, 11) is 2.96.